The van der Waals surface area contributed by atoms with Crippen molar-refractivity contribution in [1.82, 2.24) is 4.90 Å². The number of sulfonamides is 1. The van der Waals surface area contributed by atoms with Gasteiger partial charge in [-0.3, -0.25) is 4.79 Å². The van der Waals surface area contributed by atoms with Crippen molar-refractivity contribution in [3.8, 4) is 0 Å². The van der Waals surface area contributed by atoms with Gasteiger partial charge in [0.1, 0.15) is 0 Å². The third kappa shape index (κ3) is 3.79. The molecule has 0 aromatic heterocycles. The molecule has 0 bridgehead atoms. The van der Waals surface area contributed by atoms with E-state index in [4.69, 9.17) is 5.14 Å². The van der Waals surface area contributed by atoms with Gasteiger partial charge in [0.15, 0.2) is 0 Å². The standard InChI is InChI=1S/C11H15BrN2O3S/c1-3-4-14(2)11(15)8-5-9(12)7-10(6-8)18(13,16)17/h5-7H,3-4H2,1-2H3,(H2,13,16,17). The summed E-state index contributed by atoms with van der Waals surface area (Å²) < 4.78 is 23.1. The summed E-state index contributed by atoms with van der Waals surface area (Å²) >= 11 is 3.17. The second-order valence-corrected chi connectivity index (χ2v) is 6.42. The lowest BCUT2D eigenvalue weighted by Gasteiger charge is -2.16. The van der Waals surface area contributed by atoms with Crippen LogP contribution in [0.4, 0.5) is 0 Å². The summed E-state index contributed by atoms with van der Waals surface area (Å²) in [5.41, 5.74) is 0.296. The van der Waals surface area contributed by atoms with Crippen LogP contribution in [-0.2, 0) is 10.0 Å². The number of nitrogens with zero attached hydrogens (tertiary/aromatic N) is 1. The van der Waals surface area contributed by atoms with Gasteiger partial charge in [-0.1, -0.05) is 22.9 Å². The predicted molar refractivity (Wildman–Crippen MR) is 72.8 cm³/mol. The highest BCUT2D eigenvalue weighted by Gasteiger charge is 2.16. The Morgan fingerprint density at radius 3 is 2.50 bits per heavy atom. The van der Waals surface area contributed by atoms with Crippen LogP contribution in [0.3, 0.4) is 0 Å². The molecule has 1 rings (SSSR count). The summed E-state index contributed by atoms with van der Waals surface area (Å²) in [5, 5.41) is 5.06. The van der Waals surface area contributed by atoms with E-state index in [0.29, 0.717) is 16.6 Å². The first kappa shape index (κ1) is 15.1. The molecular formula is C11H15BrN2O3S. The highest BCUT2D eigenvalue weighted by molar-refractivity contribution is 9.10. The Labute approximate surface area is 115 Å². The molecule has 7 heteroatoms. The van der Waals surface area contributed by atoms with E-state index in [9.17, 15) is 13.2 Å². The number of hydrogen-bond acceptors (Lipinski definition) is 3. The van der Waals surface area contributed by atoms with Crippen molar-refractivity contribution in [1.29, 1.82) is 0 Å². The Morgan fingerprint density at radius 2 is 2.00 bits per heavy atom. The molecule has 0 aliphatic heterocycles. The average molecular weight is 335 g/mol. The van der Waals surface area contributed by atoms with E-state index in [1.807, 2.05) is 6.92 Å². The number of hydrogen-bond donors (Lipinski definition) is 1. The van der Waals surface area contributed by atoms with Gasteiger partial charge in [-0.15, -0.1) is 0 Å². The molecule has 100 valence electrons. The minimum absolute atomic E-state index is 0.0786. The van der Waals surface area contributed by atoms with E-state index in [0.717, 1.165) is 6.42 Å². The van der Waals surface area contributed by atoms with E-state index in [-0.39, 0.29) is 10.8 Å². The van der Waals surface area contributed by atoms with Crippen LogP contribution in [0.15, 0.2) is 27.6 Å². The first-order valence-electron chi connectivity index (χ1n) is 5.34. The lowest BCUT2D eigenvalue weighted by Crippen LogP contribution is -2.27. The van der Waals surface area contributed by atoms with Crippen LogP contribution in [0.2, 0.25) is 0 Å². The zero-order valence-corrected chi connectivity index (χ0v) is 12.6. The van der Waals surface area contributed by atoms with E-state index in [2.05, 4.69) is 15.9 Å². The maximum atomic E-state index is 12.0. The minimum atomic E-state index is -3.82. The second-order valence-electron chi connectivity index (χ2n) is 3.95. The average Bonchev–Trinajstić information content (AvgIpc) is 2.26. The molecule has 0 radical (unpaired) electrons. The first-order valence-corrected chi connectivity index (χ1v) is 7.68. The lowest BCUT2D eigenvalue weighted by molar-refractivity contribution is 0.0795. The van der Waals surface area contributed by atoms with Gasteiger partial charge in [-0.05, 0) is 24.6 Å². The molecule has 0 atom stereocenters. The third-order valence-corrected chi connectivity index (χ3v) is 3.70. The summed E-state index contributed by atoms with van der Waals surface area (Å²) in [6, 6.07) is 4.23. The van der Waals surface area contributed by atoms with Crippen molar-refractivity contribution in [2.75, 3.05) is 13.6 Å². The molecule has 0 saturated carbocycles. The smallest absolute Gasteiger partial charge is 0.253 e. The maximum absolute atomic E-state index is 12.0. The number of rotatable bonds is 4. The Hall–Kier alpha value is -0.920. The van der Waals surface area contributed by atoms with Gasteiger partial charge in [0.2, 0.25) is 10.0 Å². The third-order valence-electron chi connectivity index (χ3n) is 2.35. The van der Waals surface area contributed by atoms with E-state index < -0.39 is 10.0 Å². The molecule has 5 nitrogen and oxygen atoms in total. The summed E-state index contributed by atoms with van der Waals surface area (Å²) in [6.07, 6.45) is 0.832. The Bertz CT molecular complexity index is 557. The predicted octanol–water partition coefficient (Wildman–Crippen LogP) is 1.58. The molecule has 0 spiro atoms. The van der Waals surface area contributed by atoms with E-state index in [1.54, 1.807) is 13.1 Å². The number of primary sulfonamides is 1. The normalized spacial score (nSPS) is 11.3. The number of carbonyl (C=O) groups is 1. The largest absolute Gasteiger partial charge is 0.342 e. The molecule has 2 N–H and O–H groups in total. The van der Waals surface area contributed by atoms with Crippen LogP contribution in [-0.4, -0.2) is 32.8 Å². The van der Waals surface area contributed by atoms with Gasteiger partial charge < -0.3 is 4.90 Å². The minimum Gasteiger partial charge on any atom is -0.342 e. The van der Waals surface area contributed by atoms with Crippen molar-refractivity contribution in [3.63, 3.8) is 0 Å². The van der Waals surface area contributed by atoms with Gasteiger partial charge in [0.05, 0.1) is 4.90 Å². The highest BCUT2D eigenvalue weighted by Crippen LogP contribution is 2.19. The fraction of sp³-hybridized carbons (Fsp3) is 0.364. The lowest BCUT2D eigenvalue weighted by atomic mass is 10.2. The number of benzene rings is 1. The molecule has 0 unspecified atom stereocenters. The van der Waals surface area contributed by atoms with Crippen molar-refractivity contribution in [3.05, 3.63) is 28.2 Å². The van der Waals surface area contributed by atoms with Gasteiger partial charge in [-0.2, -0.15) is 0 Å². The number of amides is 1. The molecular weight excluding hydrogens is 320 g/mol. The maximum Gasteiger partial charge on any atom is 0.253 e. The van der Waals surface area contributed by atoms with Gasteiger partial charge >= 0.3 is 0 Å². The fourth-order valence-electron chi connectivity index (χ4n) is 1.51. The SMILES string of the molecule is CCCN(C)C(=O)c1cc(Br)cc(S(N)(=O)=O)c1. The summed E-state index contributed by atoms with van der Waals surface area (Å²) in [5.74, 6) is -0.233. The Kier molecular flexibility index (Phi) is 4.89. The zero-order chi connectivity index (χ0) is 13.9. The molecule has 1 aromatic carbocycles. The Morgan fingerprint density at radius 1 is 1.39 bits per heavy atom. The zero-order valence-electron chi connectivity index (χ0n) is 10.2. The van der Waals surface area contributed by atoms with Gasteiger partial charge in [0.25, 0.3) is 5.91 Å². The molecule has 0 fully saturated rings. The molecule has 1 amide bonds. The molecule has 1 aromatic rings. The van der Waals surface area contributed by atoms with Crippen molar-refractivity contribution < 1.29 is 13.2 Å². The molecule has 0 aliphatic carbocycles. The summed E-state index contributed by atoms with van der Waals surface area (Å²) in [7, 11) is -2.15. The van der Waals surface area contributed by atoms with Crippen LogP contribution in [0, 0.1) is 0 Å². The van der Waals surface area contributed by atoms with Crippen LogP contribution in [0.5, 0.6) is 0 Å². The highest BCUT2D eigenvalue weighted by atomic mass is 79.9. The van der Waals surface area contributed by atoms with Crippen LogP contribution < -0.4 is 5.14 Å². The molecule has 0 saturated heterocycles. The monoisotopic (exact) mass is 334 g/mol. The van der Waals surface area contributed by atoms with Gasteiger partial charge in [-0.25, -0.2) is 13.6 Å². The molecule has 0 heterocycles. The summed E-state index contributed by atoms with van der Waals surface area (Å²) in [4.78, 5) is 13.5. The summed E-state index contributed by atoms with van der Waals surface area (Å²) in [6.45, 7) is 2.57. The van der Waals surface area contributed by atoms with Gasteiger partial charge in [0, 0.05) is 23.6 Å². The van der Waals surface area contributed by atoms with Crippen molar-refractivity contribution in [2.45, 2.75) is 18.2 Å². The number of carbonyl (C=O) groups excluding carboxylic acids is 1. The van der Waals surface area contributed by atoms with Crippen molar-refractivity contribution >= 4 is 31.9 Å². The fourth-order valence-corrected chi connectivity index (χ4v) is 2.74. The van der Waals surface area contributed by atoms with Crippen LogP contribution in [0.25, 0.3) is 0 Å². The van der Waals surface area contributed by atoms with Crippen molar-refractivity contribution in [2.24, 2.45) is 5.14 Å². The first-order chi connectivity index (χ1) is 8.25. The topological polar surface area (TPSA) is 80.5 Å². The quantitative estimate of drug-likeness (QED) is 0.907. The molecule has 18 heavy (non-hydrogen) atoms. The van der Waals surface area contributed by atoms with Crippen LogP contribution >= 0.6 is 15.9 Å². The van der Waals surface area contributed by atoms with E-state index in [1.165, 1.54) is 17.0 Å². The van der Waals surface area contributed by atoms with Crippen LogP contribution in [0.1, 0.15) is 23.7 Å². The number of halogens is 1. The van der Waals surface area contributed by atoms with E-state index >= 15 is 0 Å². The second kappa shape index (κ2) is 5.81. The Balaban J connectivity index is 3.19. The molecule has 0 aliphatic rings. The number of nitrogens with two attached hydrogens (primary N) is 1.